The van der Waals surface area contributed by atoms with Gasteiger partial charge in [0.05, 0.1) is 24.4 Å². The number of ether oxygens (including phenoxy) is 1. The Morgan fingerprint density at radius 2 is 2.17 bits per heavy atom. The lowest BCUT2D eigenvalue weighted by Gasteiger charge is -2.06. The molecule has 0 aromatic carbocycles. The summed E-state index contributed by atoms with van der Waals surface area (Å²) in [6.07, 6.45) is 6.54. The molecule has 0 amide bonds. The summed E-state index contributed by atoms with van der Waals surface area (Å²) in [6.45, 7) is 2.30. The van der Waals surface area contributed by atoms with E-state index in [2.05, 4.69) is 20.0 Å². The number of hydrogen-bond acceptors (Lipinski definition) is 5. The second kappa shape index (κ2) is 6.80. The summed E-state index contributed by atoms with van der Waals surface area (Å²) in [6, 6.07) is 5.45. The van der Waals surface area contributed by atoms with Crippen LogP contribution in [0.25, 0.3) is 27.2 Å². The highest BCUT2D eigenvalue weighted by molar-refractivity contribution is 5.98. The summed E-state index contributed by atoms with van der Waals surface area (Å²) in [4.78, 5) is 23.1. The summed E-state index contributed by atoms with van der Waals surface area (Å²) < 4.78 is 7.02. The number of nitrogens with zero attached hydrogens (tertiary/aromatic N) is 6. The van der Waals surface area contributed by atoms with Crippen LogP contribution < -0.4 is 0 Å². The van der Waals surface area contributed by atoms with Crippen molar-refractivity contribution in [3.8, 4) is 11.3 Å². The molecular weight excluding hydrogens is 308 g/mol. The number of carbonyl (C=O) groups is 1. The maximum atomic E-state index is 12.3. The second-order valence-electron chi connectivity index (χ2n) is 4.97. The topological polar surface area (TPSA) is 105 Å². The van der Waals surface area contributed by atoms with Gasteiger partial charge in [0.25, 0.3) is 0 Å². The highest BCUT2D eigenvalue weighted by atomic mass is 16.5. The summed E-state index contributed by atoms with van der Waals surface area (Å²) in [7, 11) is 0. The zero-order chi connectivity index (χ0) is 16.9. The normalized spacial score (nSPS) is 10.4. The first-order chi connectivity index (χ1) is 11.7. The summed E-state index contributed by atoms with van der Waals surface area (Å²) >= 11 is 0. The Hall–Kier alpha value is -3.38. The number of rotatable bonds is 5. The van der Waals surface area contributed by atoms with Gasteiger partial charge in [0, 0.05) is 34.6 Å². The van der Waals surface area contributed by atoms with Crippen molar-refractivity contribution in [2.75, 3.05) is 6.61 Å². The standard InChI is InChI=1S/C16H14N6O2/c1-2-24-16(23)14-6-13-5-11(7-20-21-17)3-4-22(13)15(14)12-8-18-10-19-9-12/h3-6,8-10H,2,7H2,1H3. The van der Waals surface area contributed by atoms with E-state index in [1.165, 1.54) is 6.33 Å². The van der Waals surface area contributed by atoms with Crippen molar-refractivity contribution in [2.24, 2.45) is 5.11 Å². The van der Waals surface area contributed by atoms with E-state index in [4.69, 9.17) is 10.3 Å². The van der Waals surface area contributed by atoms with Crippen molar-refractivity contribution in [1.29, 1.82) is 0 Å². The Bertz CT molecular complexity index is 928. The number of hydrogen-bond donors (Lipinski definition) is 0. The van der Waals surface area contributed by atoms with Gasteiger partial charge in [-0.25, -0.2) is 14.8 Å². The number of carbonyl (C=O) groups excluding carboxylic acids is 1. The highest BCUT2D eigenvalue weighted by Gasteiger charge is 2.19. The Balaban J connectivity index is 2.19. The van der Waals surface area contributed by atoms with Crippen molar-refractivity contribution in [1.82, 2.24) is 14.4 Å². The van der Waals surface area contributed by atoms with Crippen molar-refractivity contribution in [3.05, 3.63) is 64.7 Å². The van der Waals surface area contributed by atoms with Gasteiger partial charge in [-0.3, -0.25) is 0 Å². The molecule has 0 fully saturated rings. The van der Waals surface area contributed by atoms with Gasteiger partial charge < -0.3 is 9.14 Å². The van der Waals surface area contributed by atoms with Gasteiger partial charge in [-0.1, -0.05) is 5.11 Å². The molecule has 0 aliphatic carbocycles. The zero-order valence-corrected chi connectivity index (χ0v) is 13.0. The quantitative estimate of drug-likeness (QED) is 0.310. The number of azide groups is 1. The van der Waals surface area contributed by atoms with Crippen molar-refractivity contribution >= 4 is 11.5 Å². The first-order valence-electron chi connectivity index (χ1n) is 7.32. The Morgan fingerprint density at radius 3 is 2.88 bits per heavy atom. The average molecular weight is 322 g/mol. The largest absolute Gasteiger partial charge is 0.462 e. The lowest BCUT2D eigenvalue weighted by Crippen LogP contribution is -2.05. The van der Waals surface area contributed by atoms with Crippen LogP contribution in [0.2, 0.25) is 0 Å². The third-order valence-corrected chi connectivity index (χ3v) is 3.48. The molecule has 8 nitrogen and oxygen atoms in total. The van der Waals surface area contributed by atoms with E-state index in [-0.39, 0.29) is 13.2 Å². The van der Waals surface area contributed by atoms with E-state index in [1.807, 2.05) is 22.7 Å². The van der Waals surface area contributed by atoms with Gasteiger partial charge >= 0.3 is 5.97 Å². The molecule has 3 heterocycles. The molecule has 0 spiro atoms. The molecule has 24 heavy (non-hydrogen) atoms. The molecule has 3 aromatic rings. The predicted molar refractivity (Wildman–Crippen MR) is 87.2 cm³/mol. The van der Waals surface area contributed by atoms with Crippen LogP contribution in [0.1, 0.15) is 22.8 Å². The summed E-state index contributed by atoms with van der Waals surface area (Å²) in [5.74, 6) is -0.406. The van der Waals surface area contributed by atoms with Crippen LogP contribution in [0, 0.1) is 0 Å². The molecule has 0 aliphatic rings. The van der Waals surface area contributed by atoms with Crippen LogP contribution in [-0.4, -0.2) is 26.9 Å². The second-order valence-corrected chi connectivity index (χ2v) is 4.97. The van der Waals surface area contributed by atoms with Crippen LogP contribution >= 0.6 is 0 Å². The molecule has 8 heteroatoms. The number of esters is 1. The summed E-state index contributed by atoms with van der Waals surface area (Å²) in [5.41, 5.74) is 11.9. The van der Waals surface area contributed by atoms with Crippen LogP contribution in [0.3, 0.4) is 0 Å². The molecule has 0 atom stereocenters. The van der Waals surface area contributed by atoms with Crippen LogP contribution in [0.15, 0.2) is 48.2 Å². The van der Waals surface area contributed by atoms with E-state index in [1.54, 1.807) is 25.4 Å². The van der Waals surface area contributed by atoms with E-state index in [0.29, 0.717) is 16.8 Å². The molecular formula is C16H14N6O2. The third kappa shape index (κ3) is 2.90. The van der Waals surface area contributed by atoms with Crippen LogP contribution in [-0.2, 0) is 11.3 Å². The third-order valence-electron chi connectivity index (χ3n) is 3.48. The molecule has 0 unspecified atom stereocenters. The molecule has 0 bridgehead atoms. The van der Waals surface area contributed by atoms with Crippen molar-refractivity contribution in [2.45, 2.75) is 13.5 Å². The van der Waals surface area contributed by atoms with Gasteiger partial charge in [0.15, 0.2) is 0 Å². The van der Waals surface area contributed by atoms with E-state index < -0.39 is 5.97 Å². The monoisotopic (exact) mass is 322 g/mol. The van der Waals surface area contributed by atoms with E-state index >= 15 is 0 Å². The van der Waals surface area contributed by atoms with Crippen molar-refractivity contribution < 1.29 is 9.53 Å². The Kier molecular flexibility index (Phi) is 4.40. The van der Waals surface area contributed by atoms with Crippen molar-refractivity contribution in [3.63, 3.8) is 0 Å². The number of pyridine rings is 1. The molecule has 0 saturated carbocycles. The molecule has 3 aromatic heterocycles. The first kappa shape index (κ1) is 15.5. The minimum atomic E-state index is -0.406. The van der Waals surface area contributed by atoms with Gasteiger partial charge in [0.1, 0.15) is 6.33 Å². The minimum Gasteiger partial charge on any atom is -0.462 e. The SMILES string of the molecule is CCOC(=O)c1cc2cc(CN=[N+]=[N-])ccn2c1-c1cncnc1. The van der Waals surface area contributed by atoms with Gasteiger partial charge in [-0.2, -0.15) is 0 Å². The molecule has 0 saturated heterocycles. The smallest absolute Gasteiger partial charge is 0.340 e. The first-order valence-corrected chi connectivity index (χ1v) is 7.32. The number of aromatic nitrogens is 3. The van der Waals surface area contributed by atoms with Crippen LogP contribution in [0.4, 0.5) is 0 Å². The van der Waals surface area contributed by atoms with Gasteiger partial charge in [-0.05, 0) is 36.2 Å². The highest BCUT2D eigenvalue weighted by Crippen LogP contribution is 2.28. The fourth-order valence-electron chi connectivity index (χ4n) is 2.52. The van der Waals surface area contributed by atoms with E-state index in [0.717, 1.165) is 11.1 Å². The maximum absolute atomic E-state index is 12.3. The average Bonchev–Trinajstić information content (AvgIpc) is 2.99. The molecule has 0 aliphatic heterocycles. The Morgan fingerprint density at radius 1 is 1.38 bits per heavy atom. The fourth-order valence-corrected chi connectivity index (χ4v) is 2.52. The fraction of sp³-hybridized carbons (Fsp3) is 0.188. The Labute approximate surface area is 137 Å². The zero-order valence-electron chi connectivity index (χ0n) is 13.0. The van der Waals surface area contributed by atoms with E-state index in [9.17, 15) is 4.79 Å². The summed E-state index contributed by atoms with van der Waals surface area (Å²) in [5, 5.41) is 3.56. The number of fused-ring (bicyclic) bond motifs is 1. The lowest BCUT2D eigenvalue weighted by atomic mass is 10.1. The minimum absolute atomic E-state index is 0.247. The predicted octanol–water partition coefficient (Wildman–Crippen LogP) is 3.38. The molecule has 120 valence electrons. The van der Waals surface area contributed by atoms with Gasteiger partial charge in [0.2, 0.25) is 0 Å². The molecule has 0 radical (unpaired) electrons. The lowest BCUT2D eigenvalue weighted by molar-refractivity contribution is 0.0527. The van der Waals surface area contributed by atoms with Gasteiger partial charge in [-0.15, -0.1) is 0 Å². The van der Waals surface area contributed by atoms with Crippen LogP contribution in [0.5, 0.6) is 0 Å². The molecule has 0 N–H and O–H groups in total. The maximum Gasteiger partial charge on any atom is 0.340 e. The molecule has 3 rings (SSSR count).